The molecule has 2 fully saturated rings. The van der Waals surface area contributed by atoms with Crippen LogP contribution in [0, 0.1) is 0 Å². The van der Waals surface area contributed by atoms with Gasteiger partial charge in [-0.15, -0.1) is 0 Å². The lowest BCUT2D eigenvalue weighted by atomic mass is 10.0. The van der Waals surface area contributed by atoms with Gasteiger partial charge in [0.15, 0.2) is 0 Å². The third-order valence-electron chi connectivity index (χ3n) is 3.67. The van der Waals surface area contributed by atoms with Crippen molar-refractivity contribution in [2.75, 3.05) is 11.4 Å². The van der Waals surface area contributed by atoms with E-state index in [1.54, 1.807) is 0 Å². The van der Waals surface area contributed by atoms with Gasteiger partial charge < -0.3 is 10.2 Å². The molecule has 1 unspecified atom stereocenters. The smallest absolute Gasteiger partial charge is 0.244 e. The molecular weight excluding hydrogens is 328 g/mol. The van der Waals surface area contributed by atoms with Gasteiger partial charge >= 0.3 is 0 Å². The molecule has 1 aliphatic carbocycles. The second-order valence-electron chi connectivity index (χ2n) is 5.22. The molecule has 1 N–H and O–H groups in total. The summed E-state index contributed by atoms with van der Waals surface area (Å²) in [5, 5.41) is 4.08. The maximum absolute atomic E-state index is 12.5. The Bertz CT molecular complexity index is 504. The Labute approximate surface area is 126 Å². The van der Waals surface area contributed by atoms with Crippen LogP contribution in [0.4, 0.5) is 5.69 Å². The molecular formula is C14H16BrClN2O. The van der Waals surface area contributed by atoms with E-state index in [4.69, 9.17) is 11.6 Å². The molecule has 1 aromatic carbocycles. The first-order chi connectivity index (χ1) is 9.15. The topological polar surface area (TPSA) is 32.3 Å². The minimum absolute atomic E-state index is 0.0244. The minimum atomic E-state index is -0.0244. The lowest BCUT2D eigenvalue weighted by Gasteiger charge is -2.33. The van der Waals surface area contributed by atoms with Gasteiger partial charge in [-0.2, -0.15) is 0 Å². The summed E-state index contributed by atoms with van der Waals surface area (Å²) in [5.41, 5.74) is 0.889. The number of benzene rings is 1. The number of carbonyl (C=O) groups is 1. The SMILES string of the molecule is O=C1C(NC2CC2)CCCN1c1ccc(Br)c(Cl)c1. The summed E-state index contributed by atoms with van der Waals surface area (Å²) < 4.78 is 0.857. The molecule has 3 rings (SSSR count). The maximum Gasteiger partial charge on any atom is 0.244 e. The van der Waals surface area contributed by atoms with Gasteiger partial charge in [0, 0.05) is 22.7 Å². The number of nitrogens with zero attached hydrogens (tertiary/aromatic N) is 1. The van der Waals surface area contributed by atoms with Gasteiger partial charge in [-0.05, 0) is 59.8 Å². The van der Waals surface area contributed by atoms with E-state index in [-0.39, 0.29) is 11.9 Å². The van der Waals surface area contributed by atoms with Crippen LogP contribution in [0.3, 0.4) is 0 Å². The van der Waals surface area contributed by atoms with E-state index in [2.05, 4.69) is 21.2 Å². The molecule has 1 atom stereocenters. The van der Waals surface area contributed by atoms with Gasteiger partial charge in [-0.1, -0.05) is 11.6 Å². The molecule has 0 aromatic heterocycles. The van der Waals surface area contributed by atoms with E-state index in [0.29, 0.717) is 11.1 Å². The van der Waals surface area contributed by atoms with Crippen molar-refractivity contribution in [3.8, 4) is 0 Å². The molecule has 1 amide bonds. The van der Waals surface area contributed by atoms with Crippen molar-refractivity contribution in [1.82, 2.24) is 5.32 Å². The number of rotatable bonds is 3. The highest BCUT2D eigenvalue weighted by Crippen LogP contribution is 2.30. The Kier molecular flexibility index (Phi) is 3.83. The second kappa shape index (κ2) is 5.43. The number of hydrogen-bond donors (Lipinski definition) is 1. The van der Waals surface area contributed by atoms with Crippen molar-refractivity contribution in [3.05, 3.63) is 27.7 Å². The zero-order valence-electron chi connectivity index (χ0n) is 10.5. The molecule has 0 bridgehead atoms. The molecule has 3 nitrogen and oxygen atoms in total. The van der Waals surface area contributed by atoms with Gasteiger partial charge in [0.05, 0.1) is 11.1 Å². The summed E-state index contributed by atoms with van der Waals surface area (Å²) in [5.74, 6) is 0.177. The number of anilines is 1. The highest BCUT2D eigenvalue weighted by atomic mass is 79.9. The largest absolute Gasteiger partial charge is 0.311 e. The fraction of sp³-hybridized carbons (Fsp3) is 0.500. The van der Waals surface area contributed by atoms with Crippen LogP contribution >= 0.6 is 27.5 Å². The van der Waals surface area contributed by atoms with Crippen LogP contribution in [0.1, 0.15) is 25.7 Å². The lowest BCUT2D eigenvalue weighted by molar-refractivity contribution is -0.121. The quantitative estimate of drug-likeness (QED) is 0.913. The molecule has 1 saturated carbocycles. The van der Waals surface area contributed by atoms with E-state index in [1.165, 1.54) is 12.8 Å². The van der Waals surface area contributed by atoms with Crippen molar-refractivity contribution in [2.45, 2.75) is 37.8 Å². The Hall–Kier alpha value is -0.580. The van der Waals surface area contributed by atoms with E-state index in [9.17, 15) is 4.79 Å². The van der Waals surface area contributed by atoms with Crippen LogP contribution in [-0.4, -0.2) is 24.5 Å². The van der Waals surface area contributed by atoms with Crippen LogP contribution in [0.2, 0.25) is 5.02 Å². The second-order valence-corrected chi connectivity index (χ2v) is 6.49. The average molecular weight is 344 g/mol. The maximum atomic E-state index is 12.5. The molecule has 2 aliphatic rings. The van der Waals surface area contributed by atoms with E-state index < -0.39 is 0 Å². The van der Waals surface area contributed by atoms with Crippen molar-refractivity contribution in [2.24, 2.45) is 0 Å². The summed E-state index contributed by atoms with van der Waals surface area (Å²) in [6, 6.07) is 6.21. The first kappa shape index (κ1) is 13.4. The molecule has 1 aliphatic heterocycles. The number of halogens is 2. The Morgan fingerprint density at radius 3 is 2.79 bits per heavy atom. The normalized spacial score (nSPS) is 23.8. The average Bonchev–Trinajstić information content (AvgIpc) is 3.20. The predicted molar refractivity (Wildman–Crippen MR) is 80.7 cm³/mol. The Balaban J connectivity index is 1.78. The van der Waals surface area contributed by atoms with E-state index in [0.717, 1.165) is 29.5 Å². The van der Waals surface area contributed by atoms with Gasteiger partial charge in [-0.25, -0.2) is 0 Å². The van der Waals surface area contributed by atoms with Crippen molar-refractivity contribution in [3.63, 3.8) is 0 Å². The third-order valence-corrected chi connectivity index (χ3v) is 4.90. The summed E-state index contributed by atoms with van der Waals surface area (Å²) in [4.78, 5) is 14.3. The molecule has 102 valence electrons. The fourth-order valence-electron chi connectivity index (χ4n) is 2.47. The Morgan fingerprint density at radius 2 is 2.11 bits per heavy atom. The molecule has 0 radical (unpaired) electrons. The summed E-state index contributed by atoms with van der Waals surface area (Å²) in [7, 11) is 0. The molecule has 1 aromatic rings. The first-order valence-electron chi connectivity index (χ1n) is 6.67. The lowest BCUT2D eigenvalue weighted by Crippen LogP contribution is -2.51. The van der Waals surface area contributed by atoms with Gasteiger partial charge in [0.2, 0.25) is 5.91 Å². The molecule has 0 spiro atoms. The fourth-order valence-corrected chi connectivity index (χ4v) is 2.90. The minimum Gasteiger partial charge on any atom is -0.311 e. The predicted octanol–water partition coefficient (Wildman–Crippen LogP) is 3.35. The number of nitrogens with one attached hydrogen (secondary N) is 1. The molecule has 5 heteroatoms. The van der Waals surface area contributed by atoms with Crippen LogP contribution in [-0.2, 0) is 4.79 Å². The van der Waals surface area contributed by atoms with Crippen molar-refractivity contribution >= 4 is 39.1 Å². The monoisotopic (exact) mass is 342 g/mol. The molecule has 1 heterocycles. The van der Waals surface area contributed by atoms with Crippen LogP contribution in [0.15, 0.2) is 22.7 Å². The van der Waals surface area contributed by atoms with Crippen LogP contribution < -0.4 is 10.2 Å². The highest BCUT2D eigenvalue weighted by Gasteiger charge is 2.33. The Morgan fingerprint density at radius 1 is 1.32 bits per heavy atom. The van der Waals surface area contributed by atoms with Crippen molar-refractivity contribution in [1.29, 1.82) is 0 Å². The van der Waals surface area contributed by atoms with Crippen molar-refractivity contribution < 1.29 is 4.79 Å². The number of piperidine rings is 1. The number of hydrogen-bond acceptors (Lipinski definition) is 2. The van der Waals surface area contributed by atoms with E-state index in [1.807, 2.05) is 23.1 Å². The van der Waals surface area contributed by atoms with Crippen LogP contribution in [0.25, 0.3) is 0 Å². The standard InChI is InChI=1S/C14H16BrClN2O/c15-11-6-5-10(8-12(11)16)18-7-1-2-13(14(18)19)17-9-3-4-9/h5-6,8-9,13,17H,1-4,7H2. The summed E-state index contributed by atoms with van der Waals surface area (Å²) in [6.45, 7) is 0.777. The van der Waals surface area contributed by atoms with Crippen LogP contribution in [0.5, 0.6) is 0 Å². The number of amides is 1. The molecule has 19 heavy (non-hydrogen) atoms. The summed E-state index contributed by atoms with van der Waals surface area (Å²) in [6.07, 6.45) is 4.38. The van der Waals surface area contributed by atoms with Gasteiger partial charge in [0.1, 0.15) is 0 Å². The zero-order valence-corrected chi connectivity index (χ0v) is 12.9. The zero-order chi connectivity index (χ0) is 13.4. The molecule has 1 saturated heterocycles. The number of carbonyl (C=O) groups excluding carboxylic acids is 1. The highest BCUT2D eigenvalue weighted by molar-refractivity contribution is 9.10. The van der Waals surface area contributed by atoms with Gasteiger partial charge in [0.25, 0.3) is 0 Å². The first-order valence-corrected chi connectivity index (χ1v) is 7.85. The van der Waals surface area contributed by atoms with E-state index >= 15 is 0 Å². The summed E-state index contributed by atoms with van der Waals surface area (Å²) >= 11 is 9.48. The van der Waals surface area contributed by atoms with Gasteiger partial charge in [-0.3, -0.25) is 4.79 Å². The third kappa shape index (κ3) is 2.96.